The Morgan fingerprint density at radius 1 is 1.14 bits per heavy atom. The normalized spacial score (nSPS) is 26.2. The van der Waals surface area contributed by atoms with Crippen molar-refractivity contribution in [1.82, 2.24) is 10.2 Å². The first-order valence-electron chi connectivity index (χ1n) is 7.87. The first-order chi connectivity index (χ1) is 9.58. The van der Waals surface area contributed by atoms with Crippen LogP contribution in [0.3, 0.4) is 0 Å². The summed E-state index contributed by atoms with van der Waals surface area (Å²) in [6.07, 6.45) is 1.72. The zero-order chi connectivity index (χ0) is 16.1. The molecule has 0 atom stereocenters. The van der Waals surface area contributed by atoms with Gasteiger partial charge in [0.1, 0.15) is 0 Å². The van der Waals surface area contributed by atoms with Gasteiger partial charge in [-0.25, -0.2) is 4.79 Å². The topological polar surface area (TPSA) is 69.6 Å². The monoisotopic (exact) mass is 296 g/mol. The van der Waals surface area contributed by atoms with Gasteiger partial charge in [-0.1, -0.05) is 34.6 Å². The van der Waals surface area contributed by atoms with Crippen molar-refractivity contribution in [2.24, 2.45) is 16.2 Å². The SMILES string of the molecule is CCC1(C(=O)O)CCN(C(=O)NC2C(C)(C)C2(C)C)CC1. The number of carboxylic acids is 1. The van der Waals surface area contributed by atoms with Gasteiger partial charge in [-0.2, -0.15) is 0 Å². The largest absolute Gasteiger partial charge is 0.481 e. The molecular formula is C16H28N2O3. The van der Waals surface area contributed by atoms with Crippen LogP contribution >= 0.6 is 0 Å². The molecule has 21 heavy (non-hydrogen) atoms. The Hall–Kier alpha value is -1.26. The van der Waals surface area contributed by atoms with Crippen LogP contribution in [0.5, 0.6) is 0 Å². The fraction of sp³-hybridized carbons (Fsp3) is 0.875. The van der Waals surface area contributed by atoms with Gasteiger partial charge in [0.05, 0.1) is 5.41 Å². The Balaban J connectivity index is 1.92. The molecule has 0 radical (unpaired) electrons. The van der Waals surface area contributed by atoms with E-state index in [4.69, 9.17) is 0 Å². The summed E-state index contributed by atoms with van der Waals surface area (Å²) in [5.74, 6) is -0.727. The van der Waals surface area contributed by atoms with E-state index in [0.29, 0.717) is 32.4 Å². The predicted octanol–water partition coefficient (Wildman–Crippen LogP) is 2.71. The van der Waals surface area contributed by atoms with E-state index in [1.807, 2.05) is 6.92 Å². The van der Waals surface area contributed by atoms with Crippen LogP contribution in [-0.2, 0) is 4.79 Å². The number of urea groups is 1. The number of amides is 2. The van der Waals surface area contributed by atoms with Crippen molar-refractivity contribution in [3.63, 3.8) is 0 Å². The lowest BCUT2D eigenvalue weighted by Gasteiger charge is -2.38. The van der Waals surface area contributed by atoms with Gasteiger partial charge in [0.15, 0.2) is 0 Å². The summed E-state index contributed by atoms with van der Waals surface area (Å²) in [7, 11) is 0. The maximum atomic E-state index is 12.4. The third-order valence-corrected chi connectivity index (χ3v) is 6.43. The number of nitrogens with one attached hydrogen (secondary N) is 1. The molecule has 1 aliphatic heterocycles. The Labute approximate surface area is 127 Å². The van der Waals surface area contributed by atoms with Crippen molar-refractivity contribution < 1.29 is 14.7 Å². The van der Waals surface area contributed by atoms with Crippen LogP contribution in [0.25, 0.3) is 0 Å². The number of hydrogen-bond donors (Lipinski definition) is 2. The Morgan fingerprint density at radius 3 is 1.95 bits per heavy atom. The molecule has 2 rings (SSSR count). The maximum Gasteiger partial charge on any atom is 0.317 e. The number of likely N-dealkylation sites (tertiary alicyclic amines) is 1. The molecule has 5 heteroatoms. The predicted molar refractivity (Wildman–Crippen MR) is 81.0 cm³/mol. The van der Waals surface area contributed by atoms with Gasteiger partial charge in [0.2, 0.25) is 0 Å². The van der Waals surface area contributed by atoms with Crippen LogP contribution in [0, 0.1) is 16.2 Å². The lowest BCUT2D eigenvalue weighted by atomic mass is 9.76. The molecule has 120 valence electrons. The fourth-order valence-electron chi connectivity index (χ4n) is 3.63. The highest BCUT2D eigenvalue weighted by Crippen LogP contribution is 2.62. The average molecular weight is 296 g/mol. The van der Waals surface area contributed by atoms with Crippen LogP contribution in [0.15, 0.2) is 0 Å². The first kappa shape index (κ1) is 16.1. The molecule has 0 spiro atoms. The second-order valence-corrected chi connectivity index (χ2v) is 7.75. The number of carbonyl (C=O) groups is 2. The molecule has 2 fully saturated rings. The van der Waals surface area contributed by atoms with E-state index in [1.165, 1.54) is 0 Å². The fourth-order valence-corrected chi connectivity index (χ4v) is 3.63. The Morgan fingerprint density at radius 2 is 1.62 bits per heavy atom. The van der Waals surface area contributed by atoms with Gasteiger partial charge >= 0.3 is 12.0 Å². The van der Waals surface area contributed by atoms with Crippen molar-refractivity contribution in [2.45, 2.75) is 59.9 Å². The van der Waals surface area contributed by atoms with E-state index >= 15 is 0 Å². The zero-order valence-corrected chi connectivity index (χ0v) is 13.8. The molecule has 0 unspecified atom stereocenters. The van der Waals surface area contributed by atoms with Crippen molar-refractivity contribution in [2.75, 3.05) is 13.1 Å². The molecule has 2 amide bonds. The molecule has 2 aliphatic rings. The van der Waals surface area contributed by atoms with Crippen LogP contribution in [-0.4, -0.2) is 41.1 Å². The van der Waals surface area contributed by atoms with E-state index in [2.05, 4.69) is 33.0 Å². The van der Waals surface area contributed by atoms with Crippen LogP contribution in [0.1, 0.15) is 53.9 Å². The molecule has 1 aliphatic carbocycles. The summed E-state index contributed by atoms with van der Waals surface area (Å²) in [5, 5.41) is 12.5. The summed E-state index contributed by atoms with van der Waals surface area (Å²) in [4.78, 5) is 25.5. The van der Waals surface area contributed by atoms with E-state index in [-0.39, 0.29) is 22.9 Å². The lowest BCUT2D eigenvalue weighted by molar-refractivity contribution is -0.151. The van der Waals surface area contributed by atoms with E-state index in [0.717, 1.165) is 0 Å². The van der Waals surface area contributed by atoms with Gasteiger partial charge in [0.25, 0.3) is 0 Å². The van der Waals surface area contributed by atoms with Gasteiger partial charge in [-0.3, -0.25) is 4.79 Å². The number of piperidine rings is 1. The zero-order valence-electron chi connectivity index (χ0n) is 13.8. The molecule has 1 heterocycles. The van der Waals surface area contributed by atoms with Gasteiger partial charge in [0, 0.05) is 19.1 Å². The second-order valence-electron chi connectivity index (χ2n) is 7.75. The van der Waals surface area contributed by atoms with E-state index < -0.39 is 11.4 Å². The van der Waals surface area contributed by atoms with Gasteiger partial charge in [-0.15, -0.1) is 0 Å². The minimum absolute atomic E-state index is 0.0475. The van der Waals surface area contributed by atoms with Crippen molar-refractivity contribution in [3.8, 4) is 0 Å². The molecule has 2 N–H and O–H groups in total. The standard InChI is InChI=1S/C16H28N2O3/c1-6-16(12(19)20)7-9-18(10-8-16)13(21)17-11-14(2,3)15(11,4)5/h11H,6-10H2,1-5H3,(H,17,21)(H,19,20). The highest BCUT2D eigenvalue weighted by Gasteiger charge is 2.65. The summed E-state index contributed by atoms with van der Waals surface area (Å²) in [6, 6.07) is 0.142. The van der Waals surface area contributed by atoms with Crippen molar-refractivity contribution >= 4 is 12.0 Å². The maximum absolute atomic E-state index is 12.4. The summed E-state index contributed by atoms with van der Waals surface area (Å²) >= 11 is 0. The summed E-state index contributed by atoms with van der Waals surface area (Å²) in [5.41, 5.74) is -0.408. The number of rotatable bonds is 3. The lowest BCUT2D eigenvalue weighted by Crippen LogP contribution is -2.50. The quantitative estimate of drug-likeness (QED) is 0.841. The number of carboxylic acid groups (broad SMARTS) is 1. The molecule has 1 saturated heterocycles. The van der Waals surface area contributed by atoms with Crippen molar-refractivity contribution in [1.29, 1.82) is 0 Å². The molecule has 0 aromatic rings. The summed E-state index contributed by atoms with van der Waals surface area (Å²) in [6.45, 7) is 11.6. The number of nitrogens with zero attached hydrogens (tertiary/aromatic N) is 1. The third kappa shape index (κ3) is 2.40. The molecule has 0 aromatic carbocycles. The number of hydrogen-bond acceptors (Lipinski definition) is 2. The molecule has 5 nitrogen and oxygen atoms in total. The highest BCUT2D eigenvalue weighted by atomic mass is 16.4. The molecule has 0 bridgehead atoms. The first-order valence-corrected chi connectivity index (χ1v) is 7.87. The highest BCUT2D eigenvalue weighted by molar-refractivity contribution is 5.77. The van der Waals surface area contributed by atoms with Gasteiger partial charge < -0.3 is 15.3 Å². The second kappa shape index (κ2) is 4.89. The van der Waals surface area contributed by atoms with Crippen LogP contribution < -0.4 is 5.32 Å². The van der Waals surface area contributed by atoms with Crippen molar-refractivity contribution in [3.05, 3.63) is 0 Å². The third-order valence-electron chi connectivity index (χ3n) is 6.43. The molecular weight excluding hydrogens is 268 g/mol. The minimum Gasteiger partial charge on any atom is -0.481 e. The Kier molecular flexibility index (Phi) is 3.75. The van der Waals surface area contributed by atoms with Crippen LogP contribution in [0.4, 0.5) is 4.79 Å². The minimum atomic E-state index is -0.727. The van der Waals surface area contributed by atoms with Crippen LogP contribution in [0.2, 0.25) is 0 Å². The number of aliphatic carboxylic acids is 1. The molecule has 1 saturated carbocycles. The molecule has 0 aromatic heterocycles. The smallest absolute Gasteiger partial charge is 0.317 e. The summed E-state index contributed by atoms with van der Waals surface area (Å²) < 4.78 is 0. The number of carbonyl (C=O) groups excluding carboxylic acids is 1. The average Bonchev–Trinajstić information content (AvgIpc) is 2.81. The van der Waals surface area contributed by atoms with Gasteiger partial charge in [-0.05, 0) is 30.1 Å². The van der Waals surface area contributed by atoms with E-state index in [1.54, 1.807) is 4.90 Å². The Bertz CT molecular complexity index is 434. The van der Waals surface area contributed by atoms with E-state index in [9.17, 15) is 14.7 Å².